The SMILES string of the molecule is CCC1(C)CC(C)(C)CN(C2=CCCC=CC=C2COc2cccc(O)c2C=O)CCO1. The number of carbonyl (C=O) groups is 1. The molecule has 1 aliphatic carbocycles. The molecule has 1 unspecified atom stereocenters. The molecule has 1 aromatic rings. The normalized spacial score (nSPS) is 23.8. The van der Waals surface area contributed by atoms with Crippen LogP contribution in [0.2, 0.25) is 0 Å². The number of carbonyl (C=O) groups excluding carboxylic acids is 1. The summed E-state index contributed by atoms with van der Waals surface area (Å²) < 4.78 is 12.4. The highest BCUT2D eigenvalue weighted by Crippen LogP contribution is 2.37. The Morgan fingerprint density at radius 2 is 2.06 bits per heavy atom. The number of benzene rings is 1. The number of ether oxygens (including phenoxy) is 2. The van der Waals surface area contributed by atoms with Crippen LogP contribution < -0.4 is 4.74 Å². The maximum Gasteiger partial charge on any atom is 0.157 e. The molecule has 1 atom stereocenters. The van der Waals surface area contributed by atoms with Crippen LogP contribution in [0.4, 0.5) is 0 Å². The monoisotopic (exact) mass is 439 g/mol. The molecule has 5 nitrogen and oxygen atoms in total. The molecular weight excluding hydrogens is 402 g/mol. The van der Waals surface area contributed by atoms with Crippen molar-refractivity contribution in [3.63, 3.8) is 0 Å². The van der Waals surface area contributed by atoms with Crippen LogP contribution in [-0.4, -0.2) is 48.2 Å². The van der Waals surface area contributed by atoms with Crippen molar-refractivity contribution < 1.29 is 19.4 Å². The number of phenols is 1. The van der Waals surface area contributed by atoms with E-state index in [-0.39, 0.29) is 22.3 Å². The number of allylic oxidation sites excluding steroid dienone is 4. The van der Waals surface area contributed by atoms with E-state index >= 15 is 0 Å². The minimum atomic E-state index is -0.0873. The van der Waals surface area contributed by atoms with Crippen molar-refractivity contribution in [1.29, 1.82) is 0 Å². The first-order valence-corrected chi connectivity index (χ1v) is 11.6. The lowest BCUT2D eigenvalue weighted by Gasteiger charge is -2.44. The Labute approximate surface area is 192 Å². The zero-order valence-electron chi connectivity index (χ0n) is 19.9. The number of aldehydes is 1. The first-order chi connectivity index (χ1) is 15.3. The molecule has 0 amide bonds. The van der Waals surface area contributed by atoms with Crippen LogP contribution in [0.25, 0.3) is 0 Å². The molecule has 32 heavy (non-hydrogen) atoms. The molecule has 1 heterocycles. The summed E-state index contributed by atoms with van der Waals surface area (Å²) in [5.41, 5.74) is 2.40. The number of aromatic hydroxyl groups is 1. The van der Waals surface area contributed by atoms with E-state index in [0.717, 1.165) is 44.3 Å². The maximum absolute atomic E-state index is 11.4. The standard InChI is InChI=1S/C27H37NO4/c1-5-27(4)19-26(2,3)20-28(15-16-32-27)23-12-9-7-6-8-11-21(23)18-31-25-14-10-13-24(30)22(25)17-29/h6,8,10-14,17,30H,5,7,9,15-16,18-20H2,1-4H3. The smallest absolute Gasteiger partial charge is 0.157 e. The molecule has 0 aromatic heterocycles. The Kier molecular flexibility index (Phi) is 7.83. The lowest BCUT2D eigenvalue weighted by atomic mass is 9.78. The van der Waals surface area contributed by atoms with Crippen LogP contribution in [0.3, 0.4) is 0 Å². The highest BCUT2D eigenvalue weighted by molar-refractivity contribution is 5.83. The predicted molar refractivity (Wildman–Crippen MR) is 128 cm³/mol. The molecule has 1 saturated heterocycles. The summed E-state index contributed by atoms with van der Waals surface area (Å²) in [5, 5.41) is 9.97. The average Bonchev–Trinajstić information content (AvgIpc) is 2.71. The number of phenolic OH excluding ortho intramolecular Hbond substituents is 1. The van der Waals surface area contributed by atoms with Crippen LogP contribution >= 0.6 is 0 Å². The van der Waals surface area contributed by atoms with Crippen molar-refractivity contribution in [3.05, 3.63) is 59.3 Å². The minimum absolute atomic E-state index is 0.0681. The van der Waals surface area contributed by atoms with Crippen LogP contribution in [0, 0.1) is 5.41 Å². The molecule has 0 bridgehead atoms. The van der Waals surface area contributed by atoms with Gasteiger partial charge in [0.1, 0.15) is 18.1 Å². The largest absolute Gasteiger partial charge is 0.507 e. The molecule has 1 fully saturated rings. The van der Waals surface area contributed by atoms with Crippen molar-refractivity contribution in [2.75, 3.05) is 26.3 Å². The molecule has 0 radical (unpaired) electrons. The van der Waals surface area contributed by atoms with Crippen LogP contribution in [0.5, 0.6) is 11.5 Å². The fraction of sp³-hybridized carbons (Fsp3) is 0.519. The highest BCUT2D eigenvalue weighted by atomic mass is 16.5. The molecule has 1 N–H and O–H groups in total. The molecule has 174 valence electrons. The molecule has 2 aliphatic rings. The van der Waals surface area contributed by atoms with Crippen LogP contribution in [0.15, 0.2) is 53.8 Å². The number of nitrogens with zero attached hydrogens (tertiary/aromatic N) is 1. The molecule has 0 saturated carbocycles. The molecule has 3 rings (SSSR count). The van der Waals surface area contributed by atoms with Crippen molar-refractivity contribution in [2.45, 2.75) is 59.0 Å². The fourth-order valence-corrected chi connectivity index (χ4v) is 4.75. The second-order valence-electron chi connectivity index (χ2n) is 9.80. The van der Waals surface area contributed by atoms with E-state index in [1.54, 1.807) is 12.1 Å². The van der Waals surface area contributed by atoms with Gasteiger partial charge >= 0.3 is 0 Å². The van der Waals surface area contributed by atoms with E-state index in [0.29, 0.717) is 25.2 Å². The predicted octanol–water partition coefficient (Wildman–Crippen LogP) is 5.66. The third-order valence-electron chi connectivity index (χ3n) is 6.35. The van der Waals surface area contributed by atoms with Gasteiger partial charge in [-0.25, -0.2) is 0 Å². The summed E-state index contributed by atoms with van der Waals surface area (Å²) in [6.45, 7) is 11.8. The van der Waals surface area contributed by atoms with Crippen molar-refractivity contribution in [2.24, 2.45) is 5.41 Å². The van der Waals surface area contributed by atoms with Crippen LogP contribution in [0.1, 0.15) is 63.7 Å². The third kappa shape index (κ3) is 6.04. The summed E-state index contributed by atoms with van der Waals surface area (Å²) in [7, 11) is 0. The van der Waals surface area contributed by atoms with Crippen molar-refractivity contribution in [1.82, 2.24) is 4.90 Å². The highest BCUT2D eigenvalue weighted by Gasteiger charge is 2.36. The number of rotatable bonds is 6. The zero-order chi connectivity index (χ0) is 23.2. The molecule has 1 aromatic carbocycles. The van der Waals surface area contributed by atoms with Gasteiger partial charge in [-0.05, 0) is 50.2 Å². The van der Waals surface area contributed by atoms with Gasteiger partial charge in [-0.1, -0.05) is 51.1 Å². The van der Waals surface area contributed by atoms with Crippen LogP contribution in [-0.2, 0) is 4.74 Å². The first-order valence-electron chi connectivity index (χ1n) is 11.6. The summed E-state index contributed by atoms with van der Waals surface area (Å²) in [6, 6.07) is 4.89. The molecule has 5 heteroatoms. The Morgan fingerprint density at radius 1 is 1.25 bits per heavy atom. The van der Waals surface area contributed by atoms with E-state index in [1.165, 1.54) is 11.8 Å². The van der Waals surface area contributed by atoms with E-state index in [2.05, 4.69) is 56.9 Å². The van der Waals surface area contributed by atoms with Gasteiger partial charge in [-0.15, -0.1) is 0 Å². The summed E-state index contributed by atoms with van der Waals surface area (Å²) in [6.07, 6.45) is 13.2. The lowest BCUT2D eigenvalue weighted by Crippen LogP contribution is -2.46. The van der Waals surface area contributed by atoms with E-state index in [9.17, 15) is 9.90 Å². The van der Waals surface area contributed by atoms with Gasteiger partial charge in [-0.2, -0.15) is 0 Å². The Bertz CT molecular complexity index is 899. The van der Waals surface area contributed by atoms with Gasteiger partial charge in [0.2, 0.25) is 0 Å². The van der Waals surface area contributed by atoms with Gasteiger partial charge in [0.05, 0.1) is 17.8 Å². The van der Waals surface area contributed by atoms with Gasteiger partial charge in [-0.3, -0.25) is 4.79 Å². The molecular formula is C27H37NO4. The Morgan fingerprint density at radius 3 is 2.81 bits per heavy atom. The molecule has 1 aliphatic heterocycles. The number of hydrogen-bond acceptors (Lipinski definition) is 5. The summed E-state index contributed by atoms with van der Waals surface area (Å²) >= 11 is 0. The van der Waals surface area contributed by atoms with Gasteiger partial charge in [0.15, 0.2) is 6.29 Å². The minimum Gasteiger partial charge on any atom is -0.507 e. The lowest BCUT2D eigenvalue weighted by molar-refractivity contribution is -0.0854. The Balaban J connectivity index is 1.84. The quantitative estimate of drug-likeness (QED) is 0.580. The van der Waals surface area contributed by atoms with Gasteiger partial charge in [0, 0.05) is 24.4 Å². The Hall–Kier alpha value is -2.53. The molecule has 0 spiro atoms. The fourth-order valence-electron chi connectivity index (χ4n) is 4.75. The number of hydrogen-bond donors (Lipinski definition) is 1. The van der Waals surface area contributed by atoms with Crippen molar-refractivity contribution >= 4 is 6.29 Å². The topological polar surface area (TPSA) is 59.0 Å². The van der Waals surface area contributed by atoms with Gasteiger partial charge in [0.25, 0.3) is 0 Å². The summed E-state index contributed by atoms with van der Waals surface area (Å²) in [4.78, 5) is 13.9. The van der Waals surface area contributed by atoms with E-state index in [1.807, 2.05) is 0 Å². The van der Waals surface area contributed by atoms with Gasteiger partial charge < -0.3 is 19.5 Å². The first kappa shape index (κ1) is 24.1. The second-order valence-corrected chi connectivity index (χ2v) is 9.80. The average molecular weight is 440 g/mol. The maximum atomic E-state index is 11.4. The van der Waals surface area contributed by atoms with E-state index < -0.39 is 0 Å². The van der Waals surface area contributed by atoms with Crippen molar-refractivity contribution in [3.8, 4) is 11.5 Å². The van der Waals surface area contributed by atoms with E-state index in [4.69, 9.17) is 9.47 Å². The zero-order valence-corrected chi connectivity index (χ0v) is 19.9. The summed E-state index contributed by atoms with van der Waals surface area (Å²) in [5.74, 6) is 0.322. The second kappa shape index (κ2) is 10.4. The third-order valence-corrected chi connectivity index (χ3v) is 6.35.